The normalized spacial score (nSPS) is 18.1. The van der Waals surface area contributed by atoms with E-state index in [1.807, 2.05) is 0 Å². The first kappa shape index (κ1) is 15.2. The number of nitrogens with one attached hydrogen (secondary N) is 1. The van der Waals surface area contributed by atoms with Crippen LogP contribution in [0.2, 0.25) is 0 Å². The Hall–Kier alpha value is -2.70. The van der Waals surface area contributed by atoms with Gasteiger partial charge in [-0.1, -0.05) is 18.2 Å². The molecule has 3 rings (SSSR count). The van der Waals surface area contributed by atoms with Gasteiger partial charge in [0.05, 0.1) is 23.4 Å². The minimum Gasteiger partial charge on any atom is -0.369 e. The maximum atomic E-state index is 12.5. The molecule has 1 aliphatic rings. The first-order chi connectivity index (χ1) is 11.1. The van der Waals surface area contributed by atoms with Crippen LogP contribution in [0.4, 0.5) is 0 Å². The second-order valence-corrected chi connectivity index (χ2v) is 5.80. The average Bonchev–Trinajstić information content (AvgIpc) is 2.57. The van der Waals surface area contributed by atoms with Crippen LogP contribution in [0.5, 0.6) is 0 Å². The number of aromatic nitrogens is 2. The lowest BCUT2D eigenvalue weighted by Crippen LogP contribution is -2.44. The Kier molecular flexibility index (Phi) is 4.10. The molecule has 0 bridgehead atoms. The SMILES string of the molecule is NC(=O)[C@@H]1CCCN(C(=O)Cc2n[nH]c(=O)c3ccccc23)C1. The van der Waals surface area contributed by atoms with Crippen molar-refractivity contribution in [3.63, 3.8) is 0 Å². The number of nitrogens with zero attached hydrogens (tertiary/aromatic N) is 2. The maximum absolute atomic E-state index is 12.5. The Morgan fingerprint density at radius 3 is 2.78 bits per heavy atom. The van der Waals surface area contributed by atoms with Crippen LogP contribution in [0.25, 0.3) is 10.8 Å². The second-order valence-electron chi connectivity index (χ2n) is 5.80. The van der Waals surface area contributed by atoms with Gasteiger partial charge in [-0.05, 0) is 18.9 Å². The third-order valence-electron chi connectivity index (χ3n) is 4.27. The van der Waals surface area contributed by atoms with Crippen LogP contribution in [0.15, 0.2) is 29.1 Å². The molecule has 2 aromatic rings. The molecule has 7 heteroatoms. The van der Waals surface area contributed by atoms with Crippen LogP contribution in [0, 0.1) is 5.92 Å². The van der Waals surface area contributed by atoms with Crippen molar-refractivity contribution in [1.29, 1.82) is 0 Å². The smallest absolute Gasteiger partial charge is 0.272 e. The summed E-state index contributed by atoms with van der Waals surface area (Å²) in [7, 11) is 0. The first-order valence-electron chi connectivity index (χ1n) is 7.59. The Morgan fingerprint density at radius 1 is 1.30 bits per heavy atom. The maximum Gasteiger partial charge on any atom is 0.272 e. The molecule has 7 nitrogen and oxygen atoms in total. The highest BCUT2D eigenvalue weighted by Crippen LogP contribution is 2.18. The van der Waals surface area contributed by atoms with Gasteiger partial charge in [0.25, 0.3) is 5.56 Å². The summed E-state index contributed by atoms with van der Waals surface area (Å²) in [5.74, 6) is -0.760. The largest absolute Gasteiger partial charge is 0.369 e. The van der Waals surface area contributed by atoms with Gasteiger partial charge in [-0.15, -0.1) is 0 Å². The molecule has 2 amide bonds. The molecule has 2 heterocycles. The Labute approximate surface area is 132 Å². The van der Waals surface area contributed by atoms with Crippen molar-refractivity contribution in [3.8, 4) is 0 Å². The molecule has 0 unspecified atom stereocenters. The number of fused-ring (bicyclic) bond motifs is 1. The number of likely N-dealkylation sites (tertiary alicyclic amines) is 1. The fourth-order valence-corrected chi connectivity index (χ4v) is 3.00. The summed E-state index contributed by atoms with van der Waals surface area (Å²) in [6.07, 6.45) is 1.57. The van der Waals surface area contributed by atoms with Crippen molar-refractivity contribution in [3.05, 3.63) is 40.3 Å². The fraction of sp³-hybridized carbons (Fsp3) is 0.375. The van der Waals surface area contributed by atoms with E-state index in [2.05, 4.69) is 10.2 Å². The van der Waals surface area contributed by atoms with E-state index in [-0.39, 0.29) is 29.7 Å². The lowest BCUT2D eigenvalue weighted by Gasteiger charge is -2.31. The fourth-order valence-electron chi connectivity index (χ4n) is 3.00. The lowest BCUT2D eigenvalue weighted by atomic mass is 9.97. The highest BCUT2D eigenvalue weighted by atomic mass is 16.2. The van der Waals surface area contributed by atoms with Crippen molar-refractivity contribution >= 4 is 22.6 Å². The number of hydrogen-bond donors (Lipinski definition) is 2. The Balaban J connectivity index is 1.82. The summed E-state index contributed by atoms with van der Waals surface area (Å²) >= 11 is 0. The van der Waals surface area contributed by atoms with E-state index in [9.17, 15) is 14.4 Å². The van der Waals surface area contributed by atoms with Crippen LogP contribution in [0.3, 0.4) is 0 Å². The molecule has 1 aromatic carbocycles. The van der Waals surface area contributed by atoms with E-state index in [4.69, 9.17) is 5.73 Å². The van der Waals surface area contributed by atoms with Gasteiger partial charge in [0.15, 0.2) is 0 Å². The number of piperidine rings is 1. The standard InChI is InChI=1S/C16H18N4O3/c17-15(22)10-4-3-7-20(9-10)14(21)8-13-11-5-1-2-6-12(11)16(23)19-18-13/h1-2,5-6,10H,3-4,7-9H2,(H2,17,22)(H,19,23)/t10-/m1/s1. The van der Waals surface area contributed by atoms with E-state index >= 15 is 0 Å². The molecular weight excluding hydrogens is 296 g/mol. The van der Waals surface area contributed by atoms with Gasteiger partial charge in [-0.2, -0.15) is 5.10 Å². The topological polar surface area (TPSA) is 109 Å². The van der Waals surface area contributed by atoms with Crippen LogP contribution < -0.4 is 11.3 Å². The minimum atomic E-state index is -0.366. The summed E-state index contributed by atoms with van der Waals surface area (Å²) in [6, 6.07) is 7.06. The van der Waals surface area contributed by atoms with Gasteiger partial charge >= 0.3 is 0 Å². The third kappa shape index (κ3) is 3.08. The average molecular weight is 314 g/mol. The molecule has 23 heavy (non-hydrogen) atoms. The van der Waals surface area contributed by atoms with E-state index in [0.29, 0.717) is 29.6 Å². The Morgan fingerprint density at radius 2 is 2.04 bits per heavy atom. The molecule has 3 N–H and O–H groups in total. The number of primary amides is 1. The molecule has 1 aliphatic heterocycles. The molecule has 0 spiro atoms. The molecule has 0 aliphatic carbocycles. The van der Waals surface area contributed by atoms with Crippen molar-refractivity contribution in [2.75, 3.05) is 13.1 Å². The quantitative estimate of drug-likeness (QED) is 0.842. The van der Waals surface area contributed by atoms with Gasteiger partial charge in [0, 0.05) is 18.5 Å². The number of rotatable bonds is 3. The van der Waals surface area contributed by atoms with Crippen molar-refractivity contribution in [2.45, 2.75) is 19.3 Å². The van der Waals surface area contributed by atoms with E-state index in [1.165, 1.54) is 0 Å². The minimum absolute atomic E-state index is 0.0861. The van der Waals surface area contributed by atoms with Gasteiger partial charge in [-0.25, -0.2) is 5.10 Å². The molecule has 1 fully saturated rings. The van der Waals surface area contributed by atoms with Crippen LogP contribution in [-0.2, 0) is 16.0 Å². The summed E-state index contributed by atoms with van der Waals surface area (Å²) < 4.78 is 0. The number of carbonyl (C=O) groups excluding carboxylic acids is 2. The van der Waals surface area contributed by atoms with Gasteiger partial charge in [0.2, 0.25) is 11.8 Å². The zero-order valence-electron chi connectivity index (χ0n) is 12.6. The highest BCUT2D eigenvalue weighted by molar-refractivity contribution is 5.88. The van der Waals surface area contributed by atoms with E-state index in [0.717, 1.165) is 12.8 Å². The predicted octanol–water partition coefficient (Wildman–Crippen LogP) is 0.190. The number of benzene rings is 1. The number of nitrogens with two attached hydrogens (primary N) is 1. The third-order valence-corrected chi connectivity index (χ3v) is 4.27. The van der Waals surface area contributed by atoms with E-state index in [1.54, 1.807) is 29.2 Å². The zero-order valence-corrected chi connectivity index (χ0v) is 12.6. The summed E-state index contributed by atoms with van der Waals surface area (Å²) in [5.41, 5.74) is 5.60. The molecule has 1 atom stereocenters. The second kappa shape index (κ2) is 6.20. The lowest BCUT2D eigenvalue weighted by molar-refractivity contribution is -0.134. The van der Waals surface area contributed by atoms with Gasteiger partial charge in [0.1, 0.15) is 0 Å². The summed E-state index contributed by atoms with van der Waals surface area (Å²) in [6.45, 7) is 0.972. The first-order valence-corrected chi connectivity index (χ1v) is 7.59. The van der Waals surface area contributed by atoms with Gasteiger partial charge in [-0.3, -0.25) is 14.4 Å². The molecule has 1 aromatic heterocycles. The summed E-state index contributed by atoms with van der Waals surface area (Å²) in [5, 5.41) is 7.63. The predicted molar refractivity (Wildman–Crippen MR) is 84.6 cm³/mol. The number of amides is 2. The number of hydrogen-bond acceptors (Lipinski definition) is 4. The molecule has 0 radical (unpaired) electrons. The zero-order chi connectivity index (χ0) is 16.4. The van der Waals surface area contributed by atoms with E-state index < -0.39 is 0 Å². The number of aromatic amines is 1. The molecule has 120 valence electrons. The monoisotopic (exact) mass is 314 g/mol. The number of H-pyrrole nitrogens is 1. The highest BCUT2D eigenvalue weighted by Gasteiger charge is 2.27. The van der Waals surface area contributed by atoms with Crippen molar-refractivity contribution < 1.29 is 9.59 Å². The number of carbonyl (C=O) groups is 2. The molecule has 1 saturated heterocycles. The molecular formula is C16H18N4O3. The van der Waals surface area contributed by atoms with Crippen LogP contribution in [-0.4, -0.2) is 40.0 Å². The van der Waals surface area contributed by atoms with Crippen molar-refractivity contribution in [2.24, 2.45) is 11.7 Å². The van der Waals surface area contributed by atoms with Crippen molar-refractivity contribution in [1.82, 2.24) is 15.1 Å². The summed E-state index contributed by atoms with van der Waals surface area (Å²) in [4.78, 5) is 37.3. The van der Waals surface area contributed by atoms with Crippen LogP contribution >= 0.6 is 0 Å². The van der Waals surface area contributed by atoms with Gasteiger partial charge < -0.3 is 10.6 Å². The molecule has 0 saturated carbocycles. The Bertz CT molecular complexity index is 814. The van der Waals surface area contributed by atoms with Crippen LogP contribution in [0.1, 0.15) is 18.5 Å².